The Morgan fingerprint density at radius 1 is 1.20 bits per heavy atom. The Hall–Kier alpha value is 1.01. The first-order chi connectivity index (χ1) is 4.49. The summed E-state index contributed by atoms with van der Waals surface area (Å²) in [6, 6.07) is 0. The van der Waals surface area contributed by atoms with E-state index in [2.05, 4.69) is 0 Å². The summed E-state index contributed by atoms with van der Waals surface area (Å²) < 4.78 is 8.34. The fourth-order valence-corrected chi connectivity index (χ4v) is 1.65. The molecule has 0 aliphatic rings. The molecule has 0 aromatic carbocycles. The van der Waals surface area contributed by atoms with Crippen molar-refractivity contribution in [3.05, 3.63) is 0 Å². The highest BCUT2D eigenvalue weighted by molar-refractivity contribution is 6.87. The van der Waals surface area contributed by atoms with Gasteiger partial charge in [-0.15, -0.1) is 0 Å². The summed E-state index contributed by atoms with van der Waals surface area (Å²) in [7, 11) is 2.98. The molecule has 2 radical (unpaired) electrons. The molecule has 0 aromatic heterocycles. The maximum absolute atomic E-state index is 5.47. The molecule has 0 heterocycles. The molecule has 0 rings (SSSR count). The third kappa shape index (κ3) is 5.77. The largest absolute Gasteiger partial charge is 0.360 e. The van der Waals surface area contributed by atoms with Crippen LogP contribution in [0.4, 0.5) is 0 Å². The number of halogens is 3. The second-order valence-corrected chi connectivity index (χ2v) is 6.19. The smallest absolute Gasteiger partial charge is 0.185 e. The van der Waals surface area contributed by atoms with E-state index < -0.39 is 9.33 Å². The van der Waals surface area contributed by atoms with Gasteiger partial charge < -0.3 is 9.47 Å². The Morgan fingerprint density at radius 2 is 1.60 bits per heavy atom. The molecular weight excluding hydrogens is 214 g/mol. The minimum absolute atomic E-state index is 0.0154. The highest BCUT2D eigenvalue weighted by Gasteiger charge is 2.27. The molecule has 60 valence electrons. The van der Waals surface area contributed by atoms with Crippen LogP contribution in [0.1, 0.15) is 0 Å². The Kier molecular flexibility index (Phi) is 5.28. The van der Waals surface area contributed by atoms with Gasteiger partial charge >= 0.3 is 0 Å². The highest BCUT2D eigenvalue weighted by Crippen LogP contribution is 2.25. The lowest BCUT2D eigenvalue weighted by Gasteiger charge is -2.16. The van der Waals surface area contributed by atoms with Crippen molar-refractivity contribution in [2.45, 2.75) is 9.33 Å². The fraction of sp³-hybridized carbons (Fsp3) is 1.00. The molecule has 6 heteroatoms. The van der Waals surface area contributed by atoms with E-state index in [-0.39, 0.29) is 9.52 Å². The van der Waals surface area contributed by atoms with E-state index in [1.165, 1.54) is 14.2 Å². The van der Waals surface area contributed by atoms with Gasteiger partial charge in [-0.2, -0.15) is 0 Å². The third-order valence-electron chi connectivity index (χ3n) is 0.710. The van der Waals surface area contributed by atoms with Crippen LogP contribution in [-0.4, -0.2) is 33.1 Å². The Bertz CT molecular complexity index is 91.0. The van der Waals surface area contributed by atoms with Gasteiger partial charge in [-0.3, -0.25) is 0 Å². The van der Waals surface area contributed by atoms with E-state index >= 15 is 0 Å². The molecule has 0 spiro atoms. The molecule has 0 atom stereocenters. The predicted molar refractivity (Wildman–Crippen MR) is 43.9 cm³/mol. The molecule has 0 saturated heterocycles. The molecule has 0 aliphatic heterocycles. The summed E-state index contributed by atoms with van der Waals surface area (Å²) in [6.45, 7) is 0. The second kappa shape index (κ2) is 4.80. The van der Waals surface area contributed by atoms with Crippen LogP contribution in [0, 0.1) is 0 Å². The molecule has 0 fully saturated rings. The van der Waals surface area contributed by atoms with Gasteiger partial charge in [0.05, 0.1) is 0 Å². The van der Waals surface area contributed by atoms with Crippen molar-refractivity contribution in [2.24, 2.45) is 0 Å². The second-order valence-electron chi connectivity index (χ2n) is 1.45. The molecule has 0 bridgehead atoms. The summed E-state index contributed by atoms with van der Waals surface area (Å²) in [5.74, 6) is -0.424. The molecule has 0 unspecified atom stereocenters. The zero-order valence-electron chi connectivity index (χ0n) is 5.53. The molecule has 0 aromatic rings. The molecule has 0 saturated carbocycles. The fourth-order valence-electron chi connectivity index (χ4n) is 0.348. The average Bonchev–Trinajstić information content (AvgIpc) is 1.81. The van der Waals surface area contributed by atoms with Gasteiger partial charge in [0.15, 0.2) is 12.9 Å². The van der Waals surface area contributed by atoms with Crippen molar-refractivity contribution >= 4 is 44.3 Å². The van der Waals surface area contributed by atoms with E-state index in [1.807, 2.05) is 0 Å². The van der Waals surface area contributed by atoms with Crippen molar-refractivity contribution in [1.29, 1.82) is 0 Å². The van der Waals surface area contributed by atoms with Crippen molar-refractivity contribution in [1.82, 2.24) is 0 Å². The van der Waals surface area contributed by atoms with Gasteiger partial charge in [0.2, 0.25) is 0 Å². The summed E-state index contributed by atoms with van der Waals surface area (Å²) in [5.41, 5.74) is 0. The maximum atomic E-state index is 5.47. The molecule has 0 N–H and O–H groups in total. The maximum Gasteiger partial charge on any atom is 0.185 e. The first-order valence-electron chi connectivity index (χ1n) is 2.39. The van der Waals surface area contributed by atoms with Crippen LogP contribution in [0.3, 0.4) is 0 Å². The Labute approximate surface area is 77.5 Å². The van der Waals surface area contributed by atoms with Crippen LogP contribution >= 0.6 is 34.8 Å². The standard InChI is InChI=1S/C4H7Cl3O2Si/c1-8-3(9-2)10-4(5,6)7/h3H,1-2H3. The summed E-state index contributed by atoms with van der Waals surface area (Å²) in [6.07, 6.45) is 0. The van der Waals surface area contributed by atoms with E-state index in [0.717, 1.165) is 0 Å². The number of hydrogen-bond donors (Lipinski definition) is 0. The van der Waals surface area contributed by atoms with Gasteiger partial charge in [-0.1, -0.05) is 34.8 Å². The molecular formula is C4H7Cl3O2Si. The van der Waals surface area contributed by atoms with Gasteiger partial charge in [-0.05, 0) is 0 Å². The van der Waals surface area contributed by atoms with Crippen LogP contribution in [0.2, 0.25) is 0 Å². The average molecular weight is 222 g/mol. The van der Waals surface area contributed by atoms with E-state index in [1.54, 1.807) is 0 Å². The lowest BCUT2D eigenvalue weighted by molar-refractivity contribution is -0.0441. The van der Waals surface area contributed by atoms with Crippen molar-refractivity contribution < 1.29 is 9.47 Å². The number of alkyl halides is 3. The zero-order valence-corrected chi connectivity index (χ0v) is 8.80. The third-order valence-corrected chi connectivity index (χ3v) is 2.73. The molecule has 0 amide bonds. The van der Waals surface area contributed by atoms with Gasteiger partial charge in [0.1, 0.15) is 5.91 Å². The van der Waals surface area contributed by atoms with Crippen LogP contribution < -0.4 is 0 Å². The van der Waals surface area contributed by atoms with E-state index in [4.69, 9.17) is 44.3 Å². The first-order valence-corrected chi connectivity index (χ1v) is 4.60. The number of hydrogen-bond acceptors (Lipinski definition) is 2. The Morgan fingerprint density at radius 3 is 1.70 bits per heavy atom. The molecule has 2 nitrogen and oxygen atoms in total. The summed E-state index contributed by atoms with van der Waals surface area (Å²) in [4.78, 5) is 0. The first kappa shape index (κ1) is 11.0. The predicted octanol–water partition coefficient (Wildman–Crippen LogP) is 1.59. The summed E-state index contributed by atoms with van der Waals surface area (Å²) in [5, 5.41) is 0. The van der Waals surface area contributed by atoms with Crippen molar-refractivity contribution in [2.75, 3.05) is 14.2 Å². The number of rotatable bonds is 3. The minimum Gasteiger partial charge on any atom is -0.360 e. The molecule has 0 aliphatic carbocycles. The van der Waals surface area contributed by atoms with E-state index in [9.17, 15) is 0 Å². The van der Waals surface area contributed by atoms with E-state index in [0.29, 0.717) is 0 Å². The lowest BCUT2D eigenvalue weighted by atomic mass is 11.3. The summed E-state index contributed by atoms with van der Waals surface area (Å²) >= 11 is 16.4. The number of ether oxygens (including phenoxy) is 2. The van der Waals surface area contributed by atoms with Gasteiger partial charge in [0, 0.05) is 14.2 Å². The zero-order chi connectivity index (χ0) is 8.20. The topological polar surface area (TPSA) is 18.5 Å². The minimum atomic E-state index is -1.28. The quantitative estimate of drug-likeness (QED) is 0.409. The Balaban J connectivity index is 3.63. The van der Waals surface area contributed by atoms with Crippen molar-refractivity contribution in [3.63, 3.8) is 0 Å². The number of methoxy groups -OCH3 is 2. The lowest BCUT2D eigenvalue weighted by Crippen LogP contribution is -2.31. The van der Waals surface area contributed by atoms with Gasteiger partial charge in [0.25, 0.3) is 0 Å². The SMILES string of the molecule is COC(OC)[Si]C(Cl)(Cl)Cl. The van der Waals surface area contributed by atoms with Crippen LogP contribution in [0.5, 0.6) is 0 Å². The van der Waals surface area contributed by atoms with Crippen LogP contribution in [-0.2, 0) is 9.47 Å². The monoisotopic (exact) mass is 220 g/mol. The van der Waals surface area contributed by atoms with Crippen molar-refractivity contribution in [3.8, 4) is 0 Å². The molecule has 10 heavy (non-hydrogen) atoms. The van der Waals surface area contributed by atoms with Gasteiger partial charge in [-0.25, -0.2) is 0 Å². The van der Waals surface area contributed by atoms with Crippen LogP contribution in [0.25, 0.3) is 0 Å². The van der Waals surface area contributed by atoms with Crippen LogP contribution in [0.15, 0.2) is 0 Å². The normalized spacial score (nSPS) is 12.6. The highest BCUT2D eigenvalue weighted by atomic mass is 35.6.